The second-order valence-electron chi connectivity index (χ2n) is 7.16. The first-order chi connectivity index (χ1) is 13.0. The third-order valence-corrected chi connectivity index (χ3v) is 4.56. The predicted molar refractivity (Wildman–Crippen MR) is 110 cm³/mol. The fraction of sp³-hybridized carbons (Fsp3) is 0.261. The second-order valence-corrected chi connectivity index (χ2v) is 7.16. The first-order valence-electron chi connectivity index (χ1n) is 9.21. The van der Waals surface area contributed by atoms with Crippen molar-refractivity contribution in [3.63, 3.8) is 0 Å². The molecule has 4 heteroatoms. The van der Waals surface area contributed by atoms with Crippen LogP contribution >= 0.6 is 0 Å². The smallest absolute Gasteiger partial charge is 0.225 e. The molecule has 0 aliphatic heterocycles. The molecule has 0 saturated carbocycles. The summed E-state index contributed by atoms with van der Waals surface area (Å²) in [5, 5.41) is 5.50. The number of nitrogens with one attached hydrogen (secondary N) is 1. The number of fused-ring (bicyclic) bond motifs is 1. The molecule has 0 heterocycles. The Balaban J connectivity index is 1.74. The lowest BCUT2D eigenvalue weighted by Crippen LogP contribution is -2.41. The highest BCUT2D eigenvalue weighted by Crippen LogP contribution is 2.28. The zero-order valence-corrected chi connectivity index (χ0v) is 15.9. The van der Waals surface area contributed by atoms with Crippen LogP contribution in [-0.4, -0.2) is 19.1 Å². The van der Waals surface area contributed by atoms with E-state index in [0.717, 1.165) is 22.3 Å². The van der Waals surface area contributed by atoms with Gasteiger partial charge in [-0.25, -0.2) is 0 Å². The molecule has 1 amide bonds. The fourth-order valence-electron chi connectivity index (χ4n) is 3.34. The van der Waals surface area contributed by atoms with E-state index in [-0.39, 0.29) is 5.91 Å². The Morgan fingerprint density at radius 3 is 2.59 bits per heavy atom. The summed E-state index contributed by atoms with van der Waals surface area (Å²) in [6.45, 7) is 4.99. The van der Waals surface area contributed by atoms with Crippen molar-refractivity contribution in [3.05, 3.63) is 77.9 Å². The lowest BCUT2D eigenvalue weighted by molar-refractivity contribution is -0.122. The number of nitrogens with two attached hydrogens (primary N) is 1. The van der Waals surface area contributed by atoms with Crippen molar-refractivity contribution in [1.29, 1.82) is 0 Å². The summed E-state index contributed by atoms with van der Waals surface area (Å²) in [5.41, 5.74) is 7.01. The maximum Gasteiger partial charge on any atom is 0.225 e. The molecular formula is C23H26N2O2. The van der Waals surface area contributed by atoms with E-state index >= 15 is 0 Å². The fourth-order valence-corrected chi connectivity index (χ4v) is 3.34. The predicted octanol–water partition coefficient (Wildman–Crippen LogP) is 3.77. The number of amides is 1. The third kappa shape index (κ3) is 4.66. The SMILES string of the molecule is CC(C)(NC(=O)Cc1cccc(OCCN)c1)c1cccc2ccccc12. The molecule has 0 radical (unpaired) electrons. The lowest BCUT2D eigenvalue weighted by atomic mass is 9.89. The van der Waals surface area contributed by atoms with Gasteiger partial charge in [0.1, 0.15) is 12.4 Å². The van der Waals surface area contributed by atoms with Gasteiger partial charge in [0.15, 0.2) is 0 Å². The van der Waals surface area contributed by atoms with Crippen LogP contribution in [-0.2, 0) is 16.8 Å². The maximum absolute atomic E-state index is 12.7. The van der Waals surface area contributed by atoms with Gasteiger partial charge in [-0.3, -0.25) is 4.79 Å². The Labute approximate surface area is 160 Å². The van der Waals surface area contributed by atoms with E-state index in [2.05, 4.69) is 29.6 Å². The van der Waals surface area contributed by atoms with E-state index in [1.54, 1.807) is 0 Å². The quantitative estimate of drug-likeness (QED) is 0.672. The van der Waals surface area contributed by atoms with Crippen LogP contribution in [0.5, 0.6) is 5.75 Å². The normalized spacial score (nSPS) is 11.4. The lowest BCUT2D eigenvalue weighted by Gasteiger charge is -2.28. The van der Waals surface area contributed by atoms with Gasteiger partial charge in [0.2, 0.25) is 5.91 Å². The van der Waals surface area contributed by atoms with Crippen LogP contribution in [0.4, 0.5) is 0 Å². The molecule has 0 unspecified atom stereocenters. The van der Waals surface area contributed by atoms with Gasteiger partial charge >= 0.3 is 0 Å². The van der Waals surface area contributed by atoms with Crippen molar-refractivity contribution < 1.29 is 9.53 Å². The van der Waals surface area contributed by atoms with Gasteiger partial charge in [0.05, 0.1) is 12.0 Å². The molecule has 3 aromatic carbocycles. The highest BCUT2D eigenvalue weighted by Gasteiger charge is 2.24. The van der Waals surface area contributed by atoms with Gasteiger partial charge < -0.3 is 15.8 Å². The molecule has 0 fully saturated rings. The highest BCUT2D eigenvalue weighted by atomic mass is 16.5. The van der Waals surface area contributed by atoms with E-state index in [1.165, 1.54) is 5.39 Å². The van der Waals surface area contributed by atoms with Crippen molar-refractivity contribution in [2.24, 2.45) is 5.73 Å². The molecule has 3 aromatic rings. The minimum Gasteiger partial charge on any atom is -0.492 e. The first-order valence-corrected chi connectivity index (χ1v) is 9.21. The molecule has 0 aliphatic carbocycles. The number of hydrogen-bond donors (Lipinski definition) is 2. The Kier molecular flexibility index (Phi) is 5.77. The Bertz CT molecular complexity index is 929. The molecule has 0 aliphatic rings. The van der Waals surface area contributed by atoms with Crippen molar-refractivity contribution in [2.75, 3.05) is 13.2 Å². The van der Waals surface area contributed by atoms with Gasteiger partial charge in [0.25, 0.3) is 0 Å². The maximum atomic E-state index is 12.7. The molecule has 3 N–H and O–H groups in total. The third-order valence-electron chi connectivity index (χ3n) is 4.56. The topological polar surface area (TPSA) is 64.3 Å². The molecule has 0 saturated heterocycles. The molecule has 140 valence electrons. The van der Waals surface area contributed by atoms with Crippen molar-refractivity contribution >= 4 is 16.7 Å². The van der Waals surface area contributed by atoms with Crippen molar-refractivity contribution in [3.8, 4) is 5.75 Å². The summed E-state index contributed by atoms with van der Waals surface area (Å²) in [6.07, 6.45) is 0.300. The minimum atomic E-state index is -0.481. The summed E-state index contributed by atoms with van der Waals surface area (Å²) < 4.78 is 5.54. The standard InChI is InChI=1S/C23H26N2O2/c1-23(2,21-12-6-9-18-8-3-4-11-20(18)21)25-22(26)16-17-7-5-10-19(15-17)27-14-13-24/h3-12,15H,13-14,16,24H2,1-2H3,(H,25,26). The van der Waals surface area contributed by atoms with Crippen LogP contribution in [0.1, 0.15) is 25.0 Å². The van der Waals surface area contributed by atoms with E-state index in [1.807, 2.05) is 56.3 Å². The van der Waals surface area contributed by atoms with E-state index < -0.39 is 5.54 Å². The largest absolute Gasteiger partial charge is 0.492 e. The molecular weight excluding hydrogens is 336 g/mol. The summed E-state index contributed by atoms with van der Waals surface area (Å²) in [4.78, 5) is 12.7. The van der Waals surface area contributed by atoms with Gasteiger partial charge in [-0.05, 0) is 47.9 Å². The Morgan fingerprint density at radius 2 is 1.78 bits per heavy atom. The molecule has 3 rings (SSSR count). The van der Waals surface area contributed by atoms with Crippen molar-refractivity contribution in [1.82, 2.24) is 5.32 Å². The molecule has 0 atom stereocenters. The Hall–Kier alpha value is -2.85. The van der Waals surface area contributed by atoms with Gasteiger partial charge in [-0.15, -0.1) is 0 Å². The van der Waals surface area contributed by atoms with Crippen LogP contribution in [0.3, 0.4) is 0 Å². The van der Waals surface area contributed by atoms with Crippen LogP contribution in [0.25, 0.3) is 10.8 Å². The first kappa shape index (κ1) is 18.9. The molecule has 27 heavy (non-hydrogen) atoms. The summed E-state index contributed by atoms with van der Waals surface area (Å²) in [7, 11) is 0. The van der Waals surface area contributed by atoms with Gasteiger partial charge in [-0.2, -0.15) is 0 Å². The zero-order chi connectivity index (χ0) is 19.3. The zero-order valence-electron chi connectivity index (χ0n) is 15.9. The molecule has 0 bridgehead atoms. The highest BCUT2D eigenvalue weighted by molar-refractivity contribution is 5.87. The average Bonchev–Trinajstić information content (AvgIpc) is 2.65. The van der Waals surface area contributed by atoms with E-state index in [4.69, 9.17) is 10.5 Å². The number of hydrogen-bond acceptors (Lipinski definition) is 3. The number of carbonyl (C=O) groups is 1. The summed E-state index contributed by atoms with van der Waals surface area (Å²) in [5.74, 6) is 0.711. The monoisotopic (exact) mass is 362 g/mol. The number of ether oxygens (including phenoxy) is 1. The average molecular weight is 362 g/mol. The van der Waals surface area contributed by atoms with Gasteiger partial charge in [0, 0.05) is 6.54 Å². The molecule has 0 spiro atoms. The van der Waals surface area contributed by atoms with Gasteiger partial charge in [-0.1, -0.05) is 54.6 Å². The van der Waals surface area contributed by atoms with Crippen LogP contribution in [0.2, 0.25) is 0 Å². The molecule has 4 nitrogen and oxygen atoms in total. The van der Waals surface area contributed by atoms with Crippen LogP contribution < -0.4 is 15.8 Å². The molecule has 0 aromatic heterocycles. The Morgan fingerprint density at radius 1 is 1.04 bits per heavy atom. The summed E-state index contributed by atoms with van der Waals surface area (Å²) >= 11 is 0. The van der Waals surface area contributed by atoms with Crippen LogP contribution in [0.15, 0.2) is 66.7 Å². The van der Waals surface area contributed by atoms with Crippen LogP contribution in [0, 0.1) is 0 Å². The van der Waals surface area contributed by atoms with E-state index in [9.17, 15) is 4.79 Å². The number of carbonyl (C=O) groups excluding carboxylic acids is 1. The van der Waals surface area contributed by atoms with Crippen molar-refractivity contribution in [2.45, 2.75) is 25.8 Å². The number of rotatable bonds is 7. The minimum absolute atomic E-state index is 0.0242. The number of benzene rings is 3. The van der Waals surface area contributed by atoms with E-state index in [0.29, 0.717) is 19.6 Å². The second kappa shape index (κ2) is 8.23. The summed E-state index contributed by atoms with van der Waals surface area (Å²) in [6, 6.07) is 22.0.